The second-order valence-corrected chi connectivity index (χ2v) is 5.04. The van der Waals surface area contributed by atoms with Crippen LogP contribution in [0.25, 0.3) is 22.6 Å². The van der Waals surface area contributed by atoms with Gasteiger partial charge in [0.05, 0.1) is 12.1 Å². The lowest BCUT2D eigenvalue weighted by Gasteiger charge is -2.02. The Morgan fingerprint density at radius 1 is 1.00 bits per heavy atom. The molecule has 0 saturated heterocycles. The van der Waals surface area contributed by atoms with Crippen molar-refractivity contribution in [3.8, 4) is 22.6 Å². The third-order valence-corrected chi connectivity index (χ3v) is 3.45. The minimum Gasteiger partial charge on any atom is -0.481 e. The van der Waals surface area contributed by atoms with Crippen molar-refractivity contribution in [2.24, 2.45) is 0 Å². The lowest BCUT2D eigenvalue weighted by molar-refractivity contribution is -0.136. The van der Waals surface area contributed by atoms with Crippen LogP contribution in [0.15, 0.2) is 59.0 Å². The van der Waals surface area contributed by atoms with E-state index in [0.717, 1.165) is 16.7 Å². The number of aliphatic carboxylic acids is 1. The number of carboxylic acids is 1. The van der Waals surface area contributed by atoms with Gasteiger partial charge in [-0.05, 0) is 30.2 Å². The summed E-state index contributed by atoms with van der Waals surface area (Å²) in [6, 6.07) is 17.9. The zero-order chi connectivity index (χ0) is 15.5. The Bertz CT molecular complexity index is 789. The van der Waals surface area contributed by atoms with Gasteiger partial charge in [0.15, 0.2) is 0 Å². The number of benzene rings is 2. The van der Waals surface area contributed by atoms with Crippen LogP contribution in [0.2, 0.25) is 0 Å². The Labute approximate surface area is 128 Å². The van der Waals surface area contributed by atoms with Crippen molar-refractivity contribution in [2.45, 2.75) is 13.3 Å². The van der Waals surface area contributed by atoms with Gasteiger partial charge in [0, 0.05) is 5.56 Å². The first-order valence-corrected chi connectivity index (χ1v) is 6.97. The molecular weight excluding hydrogens is 278 g/mol. The topological polar surface area (TPSA) is 63.3 Å². The largest absolute Gasteiger partial charge is 0.481 e. The predicted octanol–water partition coefficient (Wildman–Crippen LogP) is 3.94. The molecule has 22 heavy (non-hydrogen) atoms. The maximum Gasteiger partial charge on any atom is 0.309 e. The third kappa shape index (κ3) is 2.91. The molecule has 3 aromatic rings. The standard InChI is InChI=1S/C18H15NO3/c1-12-16(11-17(20)21)19-18(22-12)15-9-7-14(8-10-15)13-5-3-2-4-6-13/h2-10H,11H2,1H3,(H,20,21). The Balaban J connectivity index is 1.89. The highest BCUT2D eigenvalue weighted by molar-refractivity contribution is 5.70. The van der Waals surface area contributed by atoms with Crippen LogP contribution in [-0.2, 0) is 11.2 Å². The lowest BCUT2D eigenvalue weighted by atomic mass is 10.0. The fourth-order valence-electron chi connectivity index (χ4n) is 2.29. The minimum atomic E-state index is -0.914. The summed E-state index contributed by atoms with van der Waals surface area (Å²) in [5, 5.41) is 8.85. The molecule has 0 amide bonds. The van der Waals surface area contributed by atoms with Crippen molar-refractivity contribution >= 4 is 5.97 Å². The van der Waals surface area contributed by atoms with Gasteiger partial charge >= 0.3 is 5.97 Å². The first kappa shape index (κ1) is 14.1. The van der Waals surface area contributed by atoms with Gasteiger partial charge < -0.3 is 9.52 Å². The van der Waals surface area contributed by atoms with E-state index in [1.54, 1.807) is 6.92 Å². The van der Waals surface area contributed by atoms with Gasteiger partial charge in [0.25, 0.3) is 0 Å². The fourth-order valence-corrected chi connectivity index (χ4v) is 2.29. The van der Waals surface area contributed by atoms with Crippen LogP contribution < -0.4 is 0 Å². The van der Waals surface area contributed by atoms with E-state index in [1.807, 2.05) is 42.5 Å². The summed E-state index contributed by atoms with van der Waals surface area (Å²) in [6.07, 6.45) is -0.128. The fraction of sp³-hybridized carbons (Fsp3) is 0.111. The molecular formula is C18H15NO3. The summed E-state index contributed by atoms with van der Waals surface area (Å²) in [6.45, 7) is 1.73. The minimum absolute atomic E-state index is 0.128. The molecule has 0 aliphatic rings. The average molecular weight is 293 g/mol. The van der Waals surface area contributed by atoms with Gasteiger partial charge in [-0.1, -0.05) is 42.5 Å². The van der Waals surface area contributed by atoms with E-state index in [1.165, 1.54) is 0 Å². The smallest absolute Gasteiger partial charge is 0.309 e. The number of hydrogen-bond donors (Lipinski definition) is 1. The van der Waals surface area contributed by atoms with E-state index in [4.69, 9.17) is 9.52 Å². The monoisotopic (exact) mass is 293 g/mol. The highest BCUT2D eigenvalue weighted by Crippen LogP contribution is 2.25. The molecule has 0 atom stereocenters. The van der Waals surface area contributed by atoms with E-state index in [2.05, 4.69) is 17.1 Å². The van der Waals surface area contributed by atoms with E-state index < -0.39 is 5.97 Å². The SMILES string of the molecule is Cc1oc(-c2ccc(-c3ccccc3)cc2)nc1CC(=O)O. The summed E-state index contributed by atoms with van der Waals surface area (Å²) < 4.78 is 5.57. The number of aryl methyl sites for hydroxylation is 1. The summed E-state index contributed by atoms with van der Waals surface area (Å²) in [5.74, 6) is 0.0836. The number of oxazole rings is 1. The molecule has 0 radical (unpaired) electrons. The van der Waals surface area contributed by atoms with Crippen LogP contribution in [0, 0.1) is 6.92 Å². The summed E-state index contributed by atoms with van der Waals surface area (Å²) in [5.41, 5.74) is 3.55. The van der Waals surface area contributed by atoms with Gasteiger partial charge in [0.2, 0.25) is 5.89 Å². The number of nitrogens with zero attached hydrogens (tertiary/aromatic N) is 1. The molecule has 110 valence electrons. The van der Waals surface area contributed by atoms with Gasteiger partial charge in [-0.25, -0.2) is 4.98 Å². The van der Waals surface area contributed by atoms with Crippen LogP contribution in [0.1, 0.15) is 11.5 Å². The van der Waals surface area contributed by atoms with Crippen LogP contribution in [0.5, 0.6) is 0 Å². The summed E-state index contributed by atoms with van der Waals surface area (Å²) in [7, 11) is 0. The van der Waals surface area contributed by atoms with Crippen LogP contribution in [-0.4, -0.2) is 16.1 Å². The van der Waals surface area contributed by atoms with Crippen molar-refractivity contribution in [3.63, 3.8) is 0 Å². The van der Waals surface area contributed by atoms with Crippen LogP contribution >= 0.6 is 0 Å². The molecule has 1 N–H and O–H groups in total. The molecule has 0 bridgehead atoms. The van der Waals surface area contributed by atoms with E-state index >= 15 is 0 Å². The maximum atomic E-state index is 10.8. The molecule has 4 nitrogen and oxygen atoms in total. The zero-order valence-corrected chi connectivity index (χ0v) is 12.1. The van der Waals surface area contributed by atoms with Gasteiger partial charge in [0.1, 0.15) is 5.76 Å². The second-order valence-electron chi connectivity index (χ2n) is 5.04. The molecule has 1 heterocycles. The van der Waals surface area contributed by atoms with Crippen molar-refractivity contribution in [1.82, 2.24) is 4.98 Å². The number of rotatable bonds is 4. The summed E-state index contributed by atoms with van der Waals surface area (Å²) in [4.78, 5) is 15.1. The van der Waals surface area contributed by atoms with Gasteiger partial charge in [-0.3, -0.25) is 4.79 Å². The number of carboxylic acid groups (broad SMARTS) is 1. The van der Waals surface area contributed by atoms with Crippen molar-refractivity contribution in [2.75, 3.05) is 0 Å². The van der Waals surface area contributed by atoms with Crippen molar-refractivity contribution in [1.29, 1.82) is 0 Å². The first-order chi connectivity index (χ1) is 10.6. The third-order valence-electron chi connectivity index (χ3n) is 3.45. The van der Waals surface area contributed by atoms with Gasteiger partial charge in [-0.15, -0.1) is 0 Å². The molecule has 0 aliphatic heterocycles. The second kappa shape index (κ2) is 5.85. The van der Waals surface area contributed by atoms with Crippen molar-refractivity contribution in [3.05, 3.63) is 66.1 Å². The van der Waals surface area contributed by atoms with Crippen molar-refractivity contribution < 1.29 is 14.3 Å². The Hall–Kier alpha value is -2.88. The van der Waals surface area contributed by atoms with E-state index in [9.17, 15) is 4.79 Å². The molecule has 0 aliphatic carbocycles. The molecule has 0 saturated carbocycles. The Kier molecular flexibility index (Phi) is 3.74. The van der Waals surface area contributed by atoms with E-state index in [0.29, 0.717) is 17.3 Å². The summed E-state index contributed by atoms with van der Waals surface area (Å²) >= 11 is 0. The van der Waals surface area contributed by atoms with Gasteiger partial charge in [-0.2, -0.15) is 0 Å². The molecule has 0 unspecified atom stereocenters. The lowest BCUT2D eigenvalue weighted by Crippen LogP contribution is -2.01. The van der Waals surface area contributed by atoms with Crippen LogP contribution in [0.4, 0.5) is 0 Å². The predicted molar refractivity (Wildman–Crippen MR) is 83.5 cm³/mol. The number of carbonyl (C=O) groups is 1. The highest BCUT2D eigenvalue weighted by Gasteiger charge is 2.14. The normalized spacial score (nSPS) is 10.6. The maximum absolute atomic E-state index is 10.8. The molecule has 2 aromatic carbocycles. The Morgan fingerprint density at radius 2 is 1.59 bits per heavy atom. The van der Waals surface area contributed by atoms with E-state index in [-0.39, 0.29) is 6.42 Å². The molecule has 0 fully saturated rings. The molecule has 1 aromatic heterocycles. The molecule has 0 spiro atoms. The average Bonchev–Trinajstić information content (AvgIpc) is 2.89. The molecule has 4 heteroatoms. The zero-order valence-electron chi connectivity index (χ0n) is 12.1. The van der Waals surface area contributed by atoms with Crippen LogP contribution in [0.3, 0.4) is 0 Å². The molecule has 3 rings (SSSR count). The Morgan fingerprint density at radius 3 is 2.23 bits per heavy atom. The number of aromatic nitrogens is 1. The number of hydrogen-bond acceptors (Lipinski definition) is 3. The first-order valence-electron chi connectivity index (χ1n) is 6.97. The highest BCUT2D eigenvalue weighted by atomic mass is 16.4. The quantitative estimate of drug-likeness (QED) is 0.791.